The number of nitrogens with zero attached hydrogens (tertiary/aromatic N) is 5. The van der Waals surface area contributed by atoms with E-state index in [4.69, 9.17) is 10.1 Å². The van der Waals surface area contributed by atoms with Gasteiger partial charge in [-0.25, -0.2) is 9.50 Å². The fourth-order valence-corrected chi connectivity index (χ4v) is 4.89. The van der Waals surface area contributed by atoms with Crippen LogP contribution in [-0.2, 0) is 4.79 Å². The summed E-state index contributed by atoms with van der Waals surface area (Å²) in [4.78, 5) is 35.4. The molecular weight excluding hydrogens is 442 g/mol. The summed E-state index contributed by atoms with van der Waals surface area (Å²) in [6, 6.07) is 14.0. The summed E-state index contributed by atoms with van der Waals surface area (Å²) in [7, 11) is 0. The minimum atomic E-state index is -0.765. The Morgan fingerprint density at radius 1 is 1.03 bits per heavy atom. The molecule has 0 aliphatic carbocycles. The number of pyridine rings is 1. The number of fused-ring (bicyclic) bond motifs is 1. The number of piperidine rings is 1. The number of carbonyl (C=O) groups excluding carboxylic acids is 1. The highest BCUT2D eigenvalue weighted by atomic mass is 16.4. The SMILES string of the molecule is CC(=O)c1c(N2CCC(CC(=O)O)CC2)nc2c(-c3ccc(-c4ccccc4)nc3)cnn2c1C. The van der Waals surface area contributed by atoms with Crippen LogP contribution < -0.4 is 4.90 Å². The molecule has 1 saturated heterocycles. The van der Waals surface area contributed by atoms with Gasteiger partial charge < -0.3 is 10.0 Å². The molecule has 3 aromatic heterocycles. The second-order valence-electron chi connectivity index (χ2n) is 9.07. The maximum atomic E-state index is 12.6. The highest BCUT2D eigenvalue weighted by Crippen LogP contribution is 2.32. The molecule has 4 aromatic rings. The van der Waals surface area contributed by atoms with Crippen LogP contribution in [0.25, 0.3) is 28.0 Å². The van der Waals surface area contributed by atoms with Crippen molar-refractivity contribution >= 4 is 23.2 Å². The molecule has 1 N–H and O–H groups in total. The van der Waals surface area contributed by atoms with Gasteiger partial charge in [0.1, 0.15) is 5.82 Å². The maximum Gasteiger partial charge on any atom is 0.303 e. The standard InChI is InChI=1S/C27H27N5O3/c1-17-25(18(2)33)27(31-12-10-19(11-13-31)14-24(34)35)30-26-22(16-29-32(17)26)21-8-9-23(28-15-21)20-6-4-3-5-7-20/h3-9,15-16,19H,10-14H2,1-2H3,(H,34,35). The predicted octanol–water partition coefficient (Wildman–Crippen LogP) is 4.66. The summed E-state index contributed by atoms with van der Waals surface area (Å²) >= 11 is 0. The number of aryl methyl sites for hydroxylation is 1. The second kappa shape index (κ2) is 9.29. The first-order valence-corrected chi connectivity index (χ1v) is 11.8. The molecule has 0 spiro atoms. The molecule has 1 aliphatic rings. The smallest absolute Gasteiger partial charge is 0.303 e. The molecule has 178 valence electrons. The molecule has 0 unspecified atom stereocenters. The van der Waals surface area contributed by atoms with Crippen LogP contribution in [0.15, 0.2) is 54.9 Å². The minimum Gasteiger partial charge on any atom is -0.481 e. The molecule has 0 amide bonds. The lowest BCUT2D eigenvalue weighted by Crippen LogP contribution is -2.36. The Morgan fingerprint density at radius 3 is 2.40 bits per heavy atom. The second-order valence-corrected chi connectivity index (χ2v) is 9.07. The first-order chi connectivity index (χ1) is 16.9. The van der Waals surface area contributed by atoms with Crippen LogP contribution in [0.2, 0.25) is 0 Å². The van der Waals surface area contributed by atoms with Crippen LogP contribution in [0.4, 0.5) is 5.82 Å². The highest BCUT2D eigenvalue weighted by Gasteiger charge is 2.27. The normalized spacial score (nSPS) is 14.4. The van der Waals surface area contributed by atoms with E-state index in [2.05, 4.69) is 15.0 Å². The number of hydrogen-bond acceptors (Lipinski definition) is 6. The number of rotatable bonds is 6. The van der Waals surface area contributed by atoms with Gasteiger partial charge in [0, 0.05) is 42.4 Å². The topological polar surface area (TPSA) is 101 Å². The predicted molar refractivity (Wildman–Crippen MR) is 134 cm³/mol. The molecule has 1 aliphatic heterocycles. The summed E-state index contributed by atoms with van der Waals surface area (Å²) in [6.45, 7) is 4.77. The molecule has 8 nitrogen and oxygen atoms in total. The van der Waals surface area contributed by atoms with E-state index in [-0.39, 0.29) is 18.1 Å². The van der Waals surface area contributed by atoms with Gasteiger partial charge in [-0.3, -0.25) is 14.6 Å². The van der Waals surface area contributed by atoms with Gasteiger partial charge in [-0.1, -0.05) is 36.4 Å². The molecule has 8 heteroatoms. The number of anilines is 1. The number of ketones is 1. The monoisotopic (exact) mass is 469 g/mol. The van der Waals surface area contributed by atoms with E-state index in [1.807, 2.05) is 55.6 Å². The number of benzene rings is 1. The van der Waals surface area contributed by atoms with Crippen LogP contribution in [0, 0.1) is 12.8 Å². The summed E-state index contributed by atoms with van der Waals surface area (Å²) in [5.74, 6) is -0.0366. The molecule has 1 aromatic carbocycles. The van der Waals surface area contributed by atoms with Crippen molar-refractivity contribution in [3.8, 4) is 22.4 Å². The Balaban J connectivity index is 1.53. The lowest BCUT2D eigenvalue weighted by molar-refractivity contribution is -0.138. The first kappa shape index (κ1) is 22.7. The molecule has 0 radical (unpaired) electrons. The molecule has 1 fully saturated rings. The van der Waals surface area contributed by atoms with Crippen LogP contribution in [0.1, 0.15) is 42.2 Å². The maximum absolute atomic E-state index is 12.6. The number of carboxylic acids is 1. The van der Waals surface area contributed by atoms with Crippen molar-refractivity contribution in [3.63, 3.8) is 0 Å². The van der Waals surface area contributed by atoms with Gasteiger partial charge in [-0.2, -0.15) is 5.10 Å². The molecule has 0 saturated carbocycles. The van der Waals surface area contributed by atoms with Crippen molar-refractivity contribution in [1.29, 1.82) is 0 Å². The summed E-state index contributed by atoms with van der Waals surface area (Å²) in [5, 5.41) is 13.7. The van der Waals surface area contributed by atoms with E-state index in [1.165, 1.54) is 0 Å². The summed E-state index contributed by atoms with van der Waals surface area (Å²) in [6.07, 6.45) is 5.28. The van der Waals surface area contributed by atoms with Gasteiger partial charge in [0.05, 0.1) is 23.1 Å². The van der Waals surface area contributed by atoms with Crippen LogP contribution in [-0.4, -0.2) is 49.5 Å². The fraction of sp³-hybridized carbons (Fsp3) is 0.296. The number of hydrogen-bond donors (Lipinski definition) is 1. The van der Waals surface area contributed by atoms with E-state index in [9.17, 15) is 9.59 Å². The third kappa shape index (κ3) is 4.39. The van der Waals surface area contributed by atoms with E-state index >= 15 is 0 Å². The van der Waals surface area contributed by atoms with Gasteiger partial charge in [0.25, 0.3) is 0 Å². The molecule has 5 rings (SSSR count). The van der Waals surface area contributed by atoms with Gasteiger partial charge in [0.15, 0.2) is 11.4 Å². The van der Waals surface area contributed by atoms with Gasteiger partial charge in [-0.15, -0.1) is 0 Å². The number of aromatic nitrogens is 4. The largest absolute Gasteiger partial charge is 0.481 e. The number of carboxylic acid groups (broad SMARTS) is 1. The third-order valence-corrected chi connectivity index (χ3v) is 6.73. The van der Waals surface area contributed by atoms with Crippen molar-refractivity contribution in [2.45, 2.75) is 33.1 Å². The van der Waals surface area contributed by atoms with Gasteiger partial charge >= 0.3 is 5.97 Å². The van der Waals surface area contributed by atoms with E-state index < -0.39 is 5.97 Å². The Kier molecular flexibility index (Phi) is 6.03. The number of Topliss-reactive ketones (excluding diaryl/α,β-unsaturated/α-hetero) is 1. The van der Waals surface area contributed by atoms with Crippen molar-refractivity contribution in [2.24, 2.45) is 5.92 Å². The Hall–Kier alpha value is -4.07. The lowest BCUT2D eigenvalue weighted by Gasteiger charge is -2.33. The summed E-state index contributed by atoms with van der Waals surface area (Å²) < 4.78 is 1.72. The van der Waals surface area contributed by atoms with Crippen molar-refractivity contribution in [2.75, 3.05) is 18.0 Å². The van der Waals surface area contributed by atoms with Gasteiger partial charge in [-0.05, 0) is 38.7 Å². The minimum absolute atomic E-state index is 0.0644. The average molecular weight is 470 g/mol. The van der Waals surface area contributed by atoms with E-state index in [1.54, 1.807) is 17.6 Å². The zero-order chi connectivity index (χ0) is 24.5. The van der Waals surface area contributed by atoms with Crippen LogP contribution in [0.5, 0.6) is 0 Å². The molecule has 0 bridgehead atoms. The van der Waals surface area contributed by atoms with Crippen molar-refractivity contribution < 1.29 is 14.7 Å². The van der Waals surface area contributed by atoms with Crippen LogP contribution in [0.3, 0.4) is 0 Å². The zero-order valence-corrected chi connectivity index (χ0v) is 19.8. The first-order valence-electron chi connectivity index (χ1n) is 11.8. The third-order valence-electron chi connectivity index (χ3n) is 6.73. The number of aliphatic carboxylic acids is 1. The van der Waals surface area contributed by atoms with Crippen molar-refractivity contribution in [1.82, 2.24) is 19.6 Å². The molecule has 35 heavy (non-hydrogen) atoms. The summed E-state index contributed by atoms with van der Waals surface area (Å²) in [5.41, 5.74) is 5.65. The quantitative estimate of drug-likeness (QED) is 0.410. The Bertz CT molecular complexity index is 1390. The lowest BCUT2D eigenvalue weighted by atomic mass is 9.93. The number of carbonyl (C=O) groups is 2. The van der Waals surface area contributed by atoms with E-state index in [0.717, 1.165) is 40.9 Å². The zero-order valence-electron chi connectivity index (χ0n) is 19.8. The average Bonchev–Trinajstić information content (AvgIpc) is 3.29. The Morgan fingerprint density at radius 2 is 1.77 bits per heavy atom. The van der Waals surface area contributed by atoms with E-state index in [0.29, 0.717) is 30.1 Å². The Labute approximate surface area is 203 Å². The molecule has 0 atom stereocenters. The molecule has 4 heterocycles. The van der Waals surface area contributed by atoms with Crippen molar-refractivity contribution in [3.05, 3.63) is 66.1 Å². The highest BCUT2D eigenvalue weighted by molar-refractivity contribution is 6.00. The molecular formula is C27H27N5O3. The van der Waals surface area contributed by atoms with Gasteiger partial charge in [0.2, 0.25) is 0 Å². The van der Waals surface area contributed by atoms with Crippen LogP contribution >= 0.6 is 0 Å². The fourth-order valence-electron chi connectivity index (χ4n) is 4.89.